The van der Waals surface area contributed by atoms with Crippen molar-refractivity contribution in [2.45, 2.75) is 58.8 Å². The Kier molecular flexibility index (Phi) is 5.64. The Balaban J connectivity index is 2.06. The van der Waals surface area contributed by atoms with Gasteiger partial charge in [0.2, 0.25) is 5.91 Å². The first-order valence-corrected chi connectivity index (χ1v) is 8.45. The predicted octanol–water partition coefficient (Wildman–Crippen LogP) is 5.36. The van der Waals surface area contributed by atoms with Crippen LogP contribution < -0.4 is 5.32 Å². The number of anilines is 1. The molecule has 1 aromatic rings. The topological polar surface area (TPSA) is 29.1 Å². The summed E-state index contributed by atoms with van der Waals surface area (Å²) in [7, 11) is 0. The molecular formula is C17H24BrNO. The monoisotopic (exact) mass is 337 g/mol. The minimum Gasteiger partial charge on any atom is -0.325 e. The molecule has 1 fully saturated rings. The van der Waals surface area contributed by atoms with Crippen LogP contribution in [0.15, 0.2) is 16.6 Å². The van der Waals surface area contributed by atoms with Gasteiger partial charge in [-0.1, -0.05) is 48.0 Å². The molecule has 0 heterocycles. The molecule has 0 saturated heterocycles. The average molecular weight is 338 g/mol. The maximum absolute atomic E-state index is 12.5. The van der Waals surface area contributed by atoms with Crippen LogP contribution in [0.1, 0.15) is 56.1 Å². The average Bonchev–Trinajstić information content (AvgIpc) is 2.33. The molecule has 1 saturated carbocycles. The van der Waals surface area contributed by atoms with Gasteiger partial charge in [-0.15, -0.1) is 0 Å². The van der Waals surface area contributed by atoms with Crippen LogP contribution in [0.5, 0.6) is 0 Å². The number of amides is 1. The van der Waals surface area contributed by atoms with Crippen LogP contribution in [0.3, 0.4) is 0 Å². The molecule has 0 unspecified atom stereocenters. The van der Waals surface area contributed by atoms with Crippen molar-refractivity contribution in [3.8, 4) is 0 Å². The van der Waals surface area contributed by atoms with Gasteiger partial charge in [0, 0.05) is 16.1 Å². The van der Waals surface area contributed by atoms with Crippen molar-refractivity contribution in [1.29, 1.82) is 0 Å². The van der Waals surface area contributed by atoms with Crippen molar-refractivity contribution in [1.82, 2.24) is 0 Å². The zero-order valence-electron chi connectivity index (χ0n) is 12.5. The number of benzene rings is 1. The highest BCUT2D eigenvalue weighted by atomic mass is 79.9. The van der Waals surface area contributed by atoms with E-state index >= 15 is 0 Å². The molecule has 0 spiro atoms. The largest absolute Gasteiger partial charge is 0.325 e. The smallest absolute Gasteiger partial charge is 0.227 e. The molecule has 0 aromatic heterocycles. The van der Waals surface area contributed by atoms with Crippen molar-refractivity contribution in [3.05, 3.63) is 27.7 Å². The summed E-state index contributed by atoms with van der Waals surface area (Å²) in [4.78, 5) is 12.5. The molecule has 1 aliphatic carbocycles. The number of rotatable bonds is 2. The first-order valence-electron chi connectivity index (χ1n) is 7.65. The molecule has 3 heteroatoms. The number of carbonyl (C=O) groups is 1. The lowest BCUT2D eigenvalue weighted by Crippen LogP contribution is -2.24. The highest BCUT2D eigenvalue weighted by Gasteiger charge is 2.20. The Morgan fingerprint density at radius 1 is 1.05 bits per heavy atom. The maximum Gasteiger partial charge on any atom is 0.227 e. The summed E-state index contributed by atoms with van der Waals surface area (Å²) in [5, 5.41) is 3.16. The minimum atomic E-state index is 0.192. The fraction of sp³-hybridized carbons (Fsp3) is 0.588. The summed E-state index contributed by atoms with van der Waals surface area (Å²) in [6, 6.07) is 4.11. The molecular weight excluding hydrogens is 314 g/mol. The zero-order valence-corrected chi connectivity index (χ0v) is 14.1. The second kappa shape index (κ2) is 7.26. The third-order valence-electron chi connectivity index (χ3n) is 4.22. The van der Waals surface area contributed by atoms with Gasteiger partial charge in [-0.05, 0) is 49.9 Å². The van der Waals surface area contributed by atoms with E-state index < -0.39 is 0 Å². The van der Waals surface area contributed by atoms with Crippen LogP contribution in [-0.4, -0.2) is 5.91 Å². The normalized spacial score (nSPS) is 17.4. The van der Waals surface area contributed by atoms with Crippen LogP contribution in [0.2, 0.25) is 0 Å². The van der Waals surface area contributed by atoms with Gasteiger partial charge in [0.1, 0.15) is 0 Å². The lowest BCUT2D eigenvalue weighted by Gasteiger charge is -2.20. The van der Waals surface area contributed by atoms with Crippen LogP contribution in [0, 0.1) is 19.8 Å². The van der Waals surface area contributed by atoms with Gasteiger partial charge in [0.25, 0.3) is 0 Å². The number of hydrogen-bond donors (Lipinski definition) is 1. The maximum atomic E-state index is 12.5. The summed E-state index contributed by atoms with van der Waals surface area (Å²) in [5.41, 5.74) is 3.23. The number of hydrogen-bond acceptors (Lipinski definition) is 1. The van der Waals surface area contributed by atoms with Crippen molar-refractivity contribution < 1.29 is 4.79 Å². The zero-order chi connectivity index (χ0) is 14.5. The fourth-order valence-corrected chi connectivity index (χ4v) is 3.74. The summed E-state index contributed by atoms with van der Waals surface area (Å²) < 4.78 is 1.07. The van der Waals surface area contributed by atoms with E-state index in [1.54, 1.807) is 0 Å². The van der Waals surface area contributed by atoms with E-state index in [9.17, 15) is 4.79 Å². The van der Waals surface area contributed by atoms with E-state index in [4.69, 9.17) is 0 Å². The standard InChI is InChI=1S/C17H24BrNO/c1-12-10-15(18)11-13(2)16(12)19-17(20)14-8-6-4-3-5-7-9-14/h10-11,14H,3-9H2,1-2H3,(H,19,20). The van der Waals surface area contributed by atoms with E-state index in [-0.39, 0.29) is 11.8 Å². The highest BCUT2D eigenvalue weighted by Crippen LogP contribution is 2.28. The summed E-state index contributed by atoms with van der Waals surface area (Å²) in [6.45, 7) is 4.09. The van der Waals surface area contributed by atoms with Crippen LogP contribution >= 0.6 is 15.9 Å². The molecule has 1 amide bonds. The Morgan fingerprint density at radius 3 is 2.10 bits per heavy atom. The van der Waals surface area contributed by atoms with Gasteiger partial charge in [0.15, 0.2) is 0 Å². The van der Waals surface area contributed by atoms with Gasteiger partial charge in [-0.2, -0.15) is 0 Å². The second-order valence-electron chi connectivity index (χ2n) is 5.95. The first-order chi connectivity index (χ1) is 9.58. The van der Waals surface area contributed by atoms with Gasteiger partial charge >= 0.3 is 0 Å². The Morgan fingerprint density at radius 2 is 1.55 bits per heavy atom. The van der Waals surface area contributed by atoms with E-state index in [1.165, 1.54) is 32.1 Å². The molecule has 2 rings (SSSR count). The third-order valence-corrected chi connectivity index (χ3v) is 4.68. The van der Waals surface area contributed by atoms with E-state index in [2.05, 4.69) is 33.4 Å². The second-order valence-corrected chi connectivity index (χ2v) is 6.86. The molecule has 0 bridgehead atoms. The summed E-state index contributed by atoms with van der Waals surface area (Å²) in [6.07, 6.45) is 8.35. The van der Waals surface area contributed by atoms with Gasteiger partial charge in [0.05, 0.1) is 0 Å². The molecule has 0 radical (unpaired) electrons. The van der Waals surface area contributed by atoms with E-state index in [0.29, 0.717) is 0 Å². The van der Waals surface area contributed by atoms with Crippen molar-refractivity contribution in [2.75, 3.05) is 5.32 Å². The highest BCUT2D eigenvalue weighted by molar-refractivity contribution is 9.10. The van der Waals surface area contributed by atoms with Crippen molar-refractivity contribution in [2.24, 2.45) is 5.92 Å². The predicted molar refractivity (Wildman–Crippen MR) is 88.1 cm³/mol. The van der Waals surface area contributed by atoms with Gasteiger partial charge < -0.3 is 5.32 Å². The SMILES string of the molecule is Cc1cc(Br)cc(C)c1NC(=O)C1CCCCCCC1. The van der Waals surface area contributed by atoms with Gasteiger partial charge in [-0.3, -0.25) is 4.79 Å². The molecule has 110 valence electrons. The summed E-state index contributed by atoms with van der Waals surface area (Å²) in [5.74, 6) is 0.401. The first kappa shape index (κ1) is 15.6. The van der Waals surface area contributed by atoms with E-state index in [0.717, 1.165) is 34.1 Å². The number of halogens is 1. The molecule has 1 N–H and O–H groups in total. The van der Waals surface area contributed by atoms with Crippen LogP contribution in [-0.2, 0) is 4.79 Å². The Bertz CT molecular complexity index is 453. The third kappa shape index (κ3) is 4.08. The Labute approximate surface area is 130 Å². The van der Waals surface area contributed by atoms with Crippen LogP contribution in [0.4, 0.5) is 5.69 Å². The van der Waals surface area contributed by atoms with Gasteiger partial charge in [-0.25, -0.2) is 0 Å². The van der Waals surface area contributed by atoms with E-state index in [1.807, 2.05) is 13.8 Å². The lowest BCUT2D eigenvalue weighted by atomic mass is 9.90. The number of nitrogens with one attached hydrogen (secondary N) is 1. The number of carbonyl (C=O) groups excluding carboxylic acids is 1. The minimum absolute atomic E-state index is 0.192. The van der Waals surface area contributed by atoms with Crippen molar-refractivity contribution >= 4 is 27.5 Å². The summed E-state index contributed by atoms with van der Waals surface area (Å²) >= 11 is 3.50. The molecule has 20 heavy (non-hydrogen) atoms. The number of aryl methyl sites for hydroxylation is 2. The molecule has 2 nitrogen and oxygen atoms in total. The fourth-order valence-electron chi connectivity index (χ4n) is 3.05. The lowest BCUT2D eigenvalue weighted by molar-refractivity contribution is -0.120. The molecule has 1 aliphatic rings. The van der Waals surface area contributed by atoms with Crippen molar-refractivity contribution in [3.63, 3.8) is 0 Å². The molecule has 0 aliphatic heterocycles. The quantitative estimate of drug-likeness (QED) is 0.772. The van der Waals surface area contributed by atoms with Crippen LogP contribution in [0.25, 0.3) is 0 Å². The Hall–Kier alpha value is -0.830. The molecule has 0 atom stereocenters. The molecule has 1 aromatic carbocycles.